The van der Waals surface area contributed by atoms with Crippen LogP contribution in [0, 0.1) is 0 Å². The summed E-state index contributed by atoms with van der Waals surface area (Å²) in [6.07, 6.45) is 7.90. The Morgan fingerprint density at radius 3 is 2.00 bits per heavy atom. The third-order valence-corrected chi connectivity index (χ3v) is 5.68. The third kappa shape index (κ3) is 11.3. The van der Waals surface area contributed by atoms with Crippen molar-refractivity contribution in [2.45, 2.75) is 90.6 Å². The van der Waals surface area contributed by atoms with Gasteiger partial charge in [0.1, 0.15) is 6.61 Å². The Morgan fingerprint density at radius 1 is 0.900 bits per heavy atom. The van der Waals surface area contributed by atoms with Crippen LogP contribution in [0.1, 0.15) is 73.1 Å². The maximum Gasteiger partial charge on any atom is 0.332 e. The molecule has 0 fully saturated rings. The Morgan fingerprint density at radius 2 is 1.47 bits per heavy atom. The van der Waals surface area contributed by atoms with Crippen molar-refractivity contribution >= 4 is 5.97 Å². The van der Waals surface area contributed by atoms with Gasteiger partial charge in [0.15, 0.2) is 6.29 Å². The van der Waals surface area contributed by atoms with Gasteiger partial charge in [0.2, 0.25) is 0 Å². The van der Waals surface area contributed by atoms with Crippen molar-refractivity contribution in [2.75, 3.05) is 33.0 Å². The lowest BCUT2D eigenvalue weighted by atomic mass is 9.91. The Balaban J connectivity index is 4.67. The first-order chi connectivity index (χ1) is 14.4. The van der Waals surface area contributed by atoms with Crippen molar-refractivity contribution in [2.24, 2.45) is 0 Å². The van der Waals surface area contributed by atoms with E-state index in [0.717, 1.165) is 32.1 Å². The Bertz CT molecular complexity index is 468. The molecule has 0 aliphatic rings. The lowest BCUT2D eigenvalue weighted by Gasteiger charge is -2.37. The standard InChI is InChI=1S/C24H44O6/c1-8-16-26-20-22(25)28-18-14-23(10-3,11-4)29-19-15-24(12-5,13-6)30-21(7)27-17-9-2/h8-9,21H,1-2,10-20H2,3-7H3. The van der Waals surface area contributed by atoms with Crippen LogP contribution in [0.4, 0.5) is 0 Å². The summed E-state index contributed by atoms with van der Waals surface area (Å²) in [6.45, 7) is 19.2. The van der Waals surface area contributed by atoms with Gasteiger partial charge in [-0.3, -0.25) is 0 Å². The number of carbonyl (C=O) groups excluding carboxylic acids is 1. The number of ether oxygens (including phenoxy) is 5. The van der Waals surface area contributed by atoms with Gasteiger partial charge in [-0.25, -0.2) is 4.79 Å². The molecule has 0 saturated carbocycles. The van der Waals surface area contributed by atoms with E-state index in [1.165, 1.54) is 0 Å². The smallest absolute Gasteiger partial charge is 0.332 e. The summed E-state index contributed by atoms with van der Waals surface area (Å²) in [4.78, 5) is 11.7. The van der Waals surface area contributed by atoms with E-state index >= 15 is 0 Å². The predicted octanol–water partition coefficient (Wildman–Crippen LogP) is 5.21. The van der Waals surface area contributed by atoms with Gasteiger partial charge in [0, 0.05) is 6.42 Å². The SMILES string of the molecule is C=CCOCC(=O)OCCC(CC)(CC)OCCC(CC)(CC)OC(C)OCC=C. The minimum Gasteiger partial charge on any atom is -0.464 e. The average Bonchev–Trinajstić information content (AvgIpc) is 2.76. The van der Waals surface area contributed by atoms with Crippen LogP contribution in [-0.2, 0) is 28.5 Å². The zero-order chi connectivity index (χ0) is 22.9. The normalized spacial score (nSPS) is 13.1. The van der Waals surface area contributed by atoms with Crippen molar-refractivity contribution < 1.29 is 28.5 Å². The summed E-state index contributed by atoms with van der Waals surface area (Å²) in [6, 6.07) is 0. The van der Waals surface area contributed by atoms with E-state index in [2.05, 4.69) is 40.9 Å². The van der Waals surface area contributed by atoms with E-state index in [1.807, 2.05) is 6.92 Å². The first-order valence-corrected chi connectivity index (χ1v) is 11.2. The molecular weight excluding hydrogens is 384 g/mol. The van der Waals surface area contributed by atoms with Gasteiger partial charge >= 0.3 is 5.97 Å². The molecule has 0 spiro atoms. The van der Waals surface area contributed by atoms with E-state index < -0.39 is 0 Å². The molecule has 1 unspecified atom stereocenters. The quantitative estimate of drug-likeness (QED) is 0.115. The van der Waals surface area contributed by atoms with Crippen molar-refractivity contribution in [1.82, 2.24) is 0 Å². The van der Waals surface area contributed by atoms with Crippen LogP contribution in [0.2, 0.25) is 0 Å². The van der Waals surface area contributed by atoms with Gasteiger partial charge < -0.3 is 23.7 Å². The molecule has 0 aromatic rings. The molecule has 1 atom stereocenters. The summed E-state index contributed by atoms with van der Waals surface area (Å²) >= 11 is 0. The summed E-state index contributed by atoms with van der Waals surface area (Å²) in [5, 5.41) is 0. The molecule has 0 bridgehead atoms. The summed E-state index contributed by atoms with van der Waals surface area (Å²) in [5.41, 5.74) is -0.608. The van der Waals surface area contributed by atoms with Gasteiger partial charge in [0.25, 0.3) is 0 Å². The molecule has 0 amide bonds. The predicted molar refractivity (Wildman–Crippen MR) is 120 cm³/mol. The first-order valence-electron chi connectivity index (χ1n) is 11.2. The molecule has 176 valence electrons. The van der Waals surface area contributed by atoms with Crippen LogP contribution in [0.15, 0.2) is 25.3 Å². The minimum atomic E-state index is -0.365. The summed E-state index contributed by atoms with van der Waals surface area (Å²) < 4.78 is 28.6. The number of hydrogen-bond acceptors (Lipinski definition) is 6. The van der Waals surface area contributed by atoms with Gasteiger partial charge in [-0.1, -0.05) is 39.8 Å². The van der Waals surface area contributed by atoms with Gasteiger partial charge in [-0.15, -0.1) is 13.2 Å². The molecule has 0 radical (unpaired) electrons. The van der Waals surface area contributed by atoms with E-state index in [1.54, 1.807) is 12.2 Å². The highest BCUT2D eigenvalue weighted by Gasteiger charge is 2.32. The summed E-state index contributed by atoms with van der Waals surface area (Å²) in [7, 11) is 0. The molecule has 0 aromatic carbocycles. The Kier molecular flexibility index (Phi) is 15.8. The second-order valence-electron chi connectivity index (χ2n) is 7.46. The fraction of sp³-hybridized carbons (Fsp3) is 0.792. The van der Waals surface area contributed by atoms with E-state index in [9.17, 15) is 4.79 Å². The monoisotopic (exact) mass is 428 g/mol. The van der Waals surface area contributed by atoms with Crippen LogP contribution in [0.3, 0.4) is 0 Å². The molecule has 0 heterocycles. The second-order valence-corrected chi connectivity index (χ2v) is 7.46. The van der Waals surface area contributed by atoms with Crippen LogP contribution < -0.4 is 0 Å². The maximum absolute atomic E-state index is 11.7. The van der Waals surface area contributed by atoms with Gasteiger partial charge in [0.05, 0.1) is 37.6 Å². The zero-order valence-electron chi connectivity index (χ0n) is 19.9. The fourth-order valence-corrected chi connectivity index (χ4v) is 3.37. The number of hydrogen-bond donors (Lipinski definition) is 0. The molecular formula is C24H44O6. The van der Waals surface area contributed by atoms with Gasteiger partial charge in [-0.2, -0.15) is 0 Å². The highest BCUT2D eigenvalue weighted by atomic mass is 16.7. The molecule has 0 saturated heterocycles. The molecule has 0 aromatic heterocycles. The molecule has 0 N–H and O–H groups in total. The topological polar surface area (TPSA) is 63.2 Å². The number of rotatable bonds is 20. The van der Waals surface area contributed by atoms with Gasteiger partial charge in [-0.05, 0) is 39.0 Å². The van der Waals surface area contributed by atoms with Crippen molar-refractivity contribution in [3.05, 3.63) is 25.3 Å². The van der Waals surface area contributed by atoms with E-state index in [0.29, 0.717) is 32.8 Å². The van der Waals surface area contributed by atoms with E-state index in [-0.39, 0.29) is 30.1 Å². The van der Waals surface area contributed by atoms with E-state index in [4.69, 9.17) is 23.7 Å². The molecule has 0 aliphatic carbocycles. The third-order valence-electron chi connectivity index (χ3n) is 5.68. The van der Waals surface area contributed by atoms with Crippen molar-refractivity contribution in [1.29, 1.82) is 0 Å². The van der Waals surface area contributed by atoms with Crippen LogP contribution in [0.25, 0.3) is 0 Å². The fourth-order valence-electron chi connectivity index (χ4n) is 3.37. The zero-order valence-corrected chi connectivity index (χ0v) is 19.9. The van der Waals surface area contributed by atoms with Crippen LogP contribution >= 0.6 is 0 Å². The van der Waals surface area contributed by atoms with Crippen molar-refractivity contribution in [3.63, 3.8) is 0 Å². The van der Waals surface area contributed by atoms with Crippen LogP contribution in [-0.4, -0.2) is 56.5 Å². The average molecular weight is 429 g/mol. The molecule has 0 rings (SSSR count). The highest BCUT2D eigenvalue weighted by molar-refractivity contribution is 5.70. The van der Waals surface area contributed by atoms with Crippen LogP contribution in [0.5, 0.6) is 0 Å². The highest BCUT2D eigenvalue weighted by Crippen LogP contribution is 2.30. The molecule has 0 aliphatic heterocycles. The van der Waals surface area contributed by atoms with Crippen molar-refractivity contribution in [3.8, 4) is 0 Å². The first kappa shape index (κ1) is 28.8. The minimum absolute atomic E-state index is 0.0584. The molecule has 30 heavy (non-hydrogen) atoms. The largest absolute Gasteiger partial charge is 0.464 e. The second kappa shape index (κ2) is 16.5. The molecule has 6 heteroatoms. The molecule has 6 nitrogen and oxygen atoms in total. The Hall–Kier alpha value is -1.21. The number of carbonyl (C=O) groups is 1. The lowest BCUT2D eigenvalue weighted by molar-refractivity contribution is -0.209. The maximum atomic E-state index is 11.7. The lowest BCUT2D eigenvalue weighted by Crippen LogP contribution is -2.39. The Labute approximate surface area is 183 Å². The summed E-state index contributed by atoms with van der Waals surface area (Å²) in [5.74, 6) is -0.365. The number of esters is 1.